The summed E-state index contributed by atoms with van der Waals surface area (Å²) in [5.74, 6) is 0.0995. The quantitative estimate of drug-likeness (QED) is 0.764. The summed E-state index contributed by atoms with van der Waals surface area (Å²) in [4.78, 5) is 19.6. The molecule has 0 bridgehead atoms. The van der Waals surface area contributed by atoms with Crippen LogP contribution in [0.15, 0.2) is 43.2 Å². The van der Waals surface area contributed by atoms with Gasteiger partial charge in [-0.3, -0.25) is 9.78 Å². The fourth-order valence-corrected chi connectivity index (χ4v) is 1.80. The van der Waals surface area contributed by atoms with Crippen LogP contribution in [0, 0.1) is 0 Å². The molecule has 0 saturated heterocycles. The van der Waals surface area contributed by atoms with Crippen LogP contribution in [0.25, 0.3) is 0 Å². The van der Waals surface area contributed by atoms with Gasteiger partial charge < -0.3 is 9.88 Å². The molecule has 2 rings (SSSR count). The van der Waals surface area contributed by atoms with E-state index in [9.17, 15) is 4.79 Å². The van der Waals surface area contributed by atoms with E-state index in [0.29, 0.717) is 13.0 Å². The van der Waals surface area contributed by atoms with Gasteiger partial charge in [-0.05, 0) is 30.5 Å². The number of imidazole rings is 1. The van der Waals surface area contributed by atoms with Crippen molar-refractivity contribution in [2.75, 3.05) is 6.54 Å². The standard InChI is InChI=1S/C14H18N4O/c19-14(3-2-13-4-7-15-8-5-13)17-6-1-10-18-11-9-16-12-18/h4-5,7-9,11-12H,1-3,6,10H2,(H,17,19). The Balaban J connectivity index is 1.57. The van der Waals surface area contributed by atoms with Crippen molar-refractivity contribution in [1.82, 2.24) is 19.9 Å². The number of carbonyl (C=O) groups is 1. The molecule has 0 aromatic carbocycles. The fraction of sp³-hybridized carbons (Fsp3) is 0.357. The van der Waals surface area contributed by atoms with Crippen molar-refractivity contribution in [2.45, 2.75) is 25.8 Å². The normalized spacial score (nSPS) is 10.3. The molecular formula is C14H18N4O. The first-order valence-corrected chi connectivity index (χ1v) is 6.46. The molecule has 1 amide bonds. The third kappa shape index (κ3) is 4.91. The van der Waals surface area contributed by atoms with Gasteiger partial charge in [-0.25, -0.2) is 4.98 Å². The number of carbonyl (C=O) groups excluding carboxylic acids is 1. The molecule has 0 unspecified atom stereocenters. The smallest absolute Gasteiger partial charge is 0.220 e. The molecule has 19 heavy (non-hydrogen) atoms. The van der Waals surface area contributed by atoms with Crippen LogP contribution in [0.3, 0.4) is 0 Å². The van der Waals surface area contributed by atoms with Crippen molar-refractivity contribution in [3.8, 4) is 0 Å². The molecule has 0 radical (unpaired) electrons. The van der Waals surface area contributed by atoms with Crippen molar-refractivity contribution in [2.24, 2.45) is 0 Å². The molecular weight excluding hydrogens is 240 g/mol. The number of hydrogen-bond acceptors (Lipinski definition) is 3. The van der Waals surface area contributed by atoms with E-state index in [1.807, 2.05) is 22.9 Å². The van der Waals surface area contributed by atoms with Gasteiger partial charge in [0.05, 0.1) is 6.33 Å². The topological polar surface area (TPSA) is 59.8 Å². The second-order valence-corrected chi connectivity index (χ2v) is 4.36. The zero-order valence-electron chi connectivity index (χ0n) is 10.8. The maximum Gasteiger partial charge on any atom is 0.220 e. The number of amides is 1. The average molecular weight is 258 g/mol. The number of pyridine rings is 1. The number of rotatable bonds is 7. The lowest BCUT2D eigenvalue weighted by Crippen LogP contribution is -2.25. The van der Waals surface area contributed by atoms with Gasteiger partial charge in [0, 0.05) is 44.3 Å². The highest BCUT2D eigenvalue weighted by molar-refractivity contribution is 5.76. The minimum atomic E-state index is 0.0995. The molecule has 0 aliphatic carbocycles. The predicted molar refractivity (Wildman–Crippen MR) is 72.4 cm³/mol. The van der Waals surface area contributed by atoms with E-state index in [1.165, 1.54) is 0 Å². The van der Waals surface area contributed by atoms with Gasteiger partial charge in [0.1, 0.15) is 0 Å². The van der Waals surface area contributed by atoms with Crippen LogP contribution in [-0.4, -0.2) is 27.0 Å². The fourth-order valence-electron chi connectivity index (χ4n) is 1.80. The monoisotopic (exact) mass is 258 g/mol. The van der Waals surface area contributed by atoms with Gasteiger partial charge in [-0.1, -0.05) is 0 Å². The molecule has 0 spiro atoms. The molecule has 0 atom stereocenters. The van der Waals surface area contributed by atoms with Crippen LogP contribution in [0.4, 0.5) is 0 Å². The molecule has 0 saturated carbocycles. The first kappa shape index (κ1) is 13.3. The summed E-state index contributed by atoms with van der Waals surface area (Å²) in [6.07, 6.45) is 11.2. The predicted octanol–water partition coefficient (Wildman–Crippen LogP) is 1.42. The van der Waals surface area contributed by atoms with Gasteiger partial charge in [0.25, 0.3) is 0 Å². The van der Waals surface area contributed by atoms with E-state index in [-0.39, 0.29) is 5.91 Å². The Morgan fingerprint density at radius 2 is 2.05 bits per heavy atom. The lowest BCUT2D eigenvalue weighted by molar-refractivity contribution is -0.121. The van der Waals surface area contributed by atoms with Gasteiger partial charge in [0.15, 0.2) is 0 Å². The third-order valence-corrected chi connectivity index (χ3v) is 2.86. The summed E-state index contributed by atoms with van der Waals surface area (Å²) < 4.78 is 2.00. The van der Waals surface area contributed by atoms with E-state index in [1.54, 1.807) is 24.9 Å². The van der Waals surface area contributed by atoms with Gasteiger partial charge >= 0.3 is 0 Å². The number of nitrogens with one attached hydrogen (secondary N) is 1. The largest absolute Gasteiger partial charge is 0.356 e. The minimum absolute atomic E-state index is 0.0995. The van der Waals surface area contributed by atoms with Crippen molar-refractivity contribution >= 4 is 5.91 Å². The molecule has 2 aromatic rings. The number of aromatic nitrogens is 3. The second-order valence-electron chi connectivity index (χ2n) is 4.36. The number of aryl methyl sites for hydroxylation is 2. The van der Waals surface area contributed by atoms with Crippen LogP contribution in [0.2, 0.25) is 0 Å². The zero-order chi connectivity index (χ0) is 13.3. The Bertz CT molecular complexity index is 481. The molecule has 1 N–H and O–H groups in total. The Morgan fingerprint density at radius 1 is 1.21 bits per heavy atom. The molecule has 0 aliphatic heterocycles. The lowest BCUT2D eigenvalue weighted by Gasteiger charge is -2.05. The van der Waals surface area contributed by atoms with Gasteiger partial charge in [-0.2, -0.15) is 0 Å². The van der Waals surface area contributed by atoms with Crippen LogP contribution in [0.1, 0.15) is 18.4 Å². The average Bonchev–Trinajstić information content (AvgIpc) is 2.96. The number of hydrogen-bond donors (Lipinski definition) is 1. The maximum atomic E-state index is 11.6. The Kier molecular flexibility index (Phi) is 5.10. The Morgan fingerprint density at radius 3 is 2.79 bits per heavy atom. The molecule has 2 heterocycles. The summed E-state index contributed by atoms with van der Waals surface area (Å²) in [5, 5.41) is 2.93. The summed E-state index contributed by atoms with van der Waals surface area (Å²) in [5.41, 5.74) is 1.14. The third-order valence-electron chi connectivity index (χ3n) is 2.86. The van der Waals surface area contributed by atoms with Crippen molar-refractivity contribution in [3.05, 3.63) is 48.8 Å². The molecule has 0 aliphatic rings. The zero-order valence-corrected chi connectivity index (χ0v) is 10.8. The van der Waals surface area contributed by atoms with Gasteiger partial charge in [-0.15, -0.1) is 0 Å². The molecule has 0 fully saturated rings. The highest BCUT2D eigenvalue weighted by Gasteiger charge is 2.01. The van der Waals surface area contributed by atoms with Crippen LogP contribution < -0.4 is 5.32 Å². The second kappa shape index (κ2) is 7.31. The summed E-state index contributed by atoms with van der Waals surface area (Å²) >= 11 is 0. The highest BCUT2D eigenvalue weighted by Crippen LogP contribution is 2.00. The van der Waals surface area contributed by atoms with E-state index in [4.69, 9.17) is 0 Å². The molecule has 5 heteroatoms. The van der Waals surface area contributed by atoms with E-state index in [2.05, 4.69) is 15.3 Å². The van der Waals surface area contributed by atoms with E-state index in [0.717, 1.165) is 24.9 Å². The number of nitrogens with zero attached hydrogens (tertiary/aromatic N) is 3. The summed E-state index contributed by atoms with van der Waals surface area (Å²) in [6.45, 7) is 1.58. The SMILES string of the molecule is O=C(CCc1ccncc1)NCCCn1ccnc1. The summed E-state index contributed by atoms with van der Waals surface area (Å²) in [7, 11) is 0. The molecule has 5 nitrogen and oxygen atoms in total. The van der Waals surface area contributed by atoms with Crippen molar-refractivity contribution in [3.63, 3.8) is 0 Å². The van der Waals surface area contributed by atoms with E-state index >= 15 is 0 Å². The van der Waals surface area contributed by atoms with Gasteiger partial charge in [0.2, 0.25) is 5.91 Å². The minimum Gasteiger partial charge on any atom is -0.356 e. The summed E-state index contributed by atoms with van der Waals surface area (Å²) in [6, 6.07) is 3.87. The molecule has 2 aromatic heterocycles. The first-order chi connectivity index (χ1) is 9.34. The lowest BCUT2D eigenvalue weighted by atomic mass is 10.1. The van der Waals surface area contributed by atoms with E-state index < -0.39 is 0 Å². The van der Waals surface area contributed by atoms with Crippen molar-refractivity contribution in [1.29, 1.82) is 0 Å². The van der Waals surface area contributed by atoms with Crippen LogP contribution in [-0.2, 0) is 17.8 Å². The Labute approximate surface area is 112 Å². The molecule has 100 valence electrons. The Hall–Kier alpha value is -2.17. The highest BCUT2D eigenvalue weighted by atomic mass is 16.1. The van der Waals surface area contributed by atoms with Crippen LogP contribution >= 0.6 is 0 Å². The maximum absolute atomic E-state index is 11.6. The van der Waals surface area contributed by atoms with Crippen molar-refractivity contribution < 1.29 is 4.79 Å². The van der Waals surface area contributed by atoms with Crippen LogP contribution in [0.5, 0.6) is 0 Å². The first-order valence-electron chi connectivity index (χ1n) is 6.46.